The highest BCUT2D eigenvalue weighted by molar-refractivity contribution is 6.01. The lowest BCUT2D eigenvalue weighted by Crippen LogP contribution is -2.45. The smallest absolute Gasteiger partial charge is 0.254 e. The van der Waals surface area contributed by atoms with E-state index in [0.29, 0.717) is 41.6 Å². The quantitative estimate of drug-likeness (QED) is 0.641. The Balaban J connectivity index is 1.39. The highest BCUT2D eigenvalue weighted by Gasteiger charge is 2.54. The summed E-state index contributed by atoms with van der Waals surface area (Å²) in [5.74, 6) is 0.415. The van der Waals surface area contributed by atoms with Crippen molar-refractivity contribution >= 4 is 11.8 Å². The molecule has 1 unspecified atom stereocenters. The molecule has 32 heavy (non-hydrogen) atoms. The zero-order chi connectivity index (χ0) is 22.2. The number of amides is 2. The maximum atomic E-state index is 13.9. The van der Waals surface area contributed by atoms with Crippen molar-refractivity contribution in [2.75, 3.05) is 13.1 Å². The van der Waals surface area contributed by atoms with E-state index in [9.17, 15) is 14.0 Å². The lowest BCUT2D eigenvalue weighted by molar-refractivity contribution is 0.0695. The topological polar surface area (TPSA) is 49.4 Å². The van der Waals surface area contributed by atoms with Crippen molar-refractivity contribution in [3.63, 3.8) is 0 Å². The van der Waals surface area contributed by atoms with E-state index in [1.807, 2.05) is 54.3 Å². The minimum Gasteiger partial charge on any atom is -0.350 e. The Morgan fingerprint density at radius 3 is 2.62 bits per heavy atom. The molecule has 2 aliphatic rings. The van der Waals surface area contributed by atoms with Gasteiger partial charge in [-0.2, -0.15) is 0 Å². The molecule has 0 aromatic heterocycles. The maximum Gasteiger partial charge on any atom is 0.254 e. The summed E-state index contributed by atoms with van der Waals surface area (Å²) in [6.07, 6.45) is 1.10. The van der Waals surface area contributed by atoms with E-state index in [-0.39, 0.29) is 23.7 Å². The number of benzene rings is 3. The van der Waals surface area contributed by atoms with E-state index in [0.717, 1.165) is 17.5 Å². The van der Waals surface area contributed by atoms with Crippen LogP contribution in [0.2, 0.25) is 0 Å². The molecule has 3 aromatic carbocycles. The van der Waals surface area contributed by atoms with Crippen LogP contribution in [0.3, 0.4) is 0 Å². The van der Waals surface area contributed by atoms with E-state index in [2.05, 4.69) is 5.32 Å². The second-order valence-electron chi connectivity index (χ2n) is 8.82. The molecule has 2 amide bonds. The number of nitrogens with one attached hydrogen (secondary N) is 1. The van der Waals surface area contributed by atoms with Gasteiger partial charge in [-0.05, 0) is 66.6 Å². The molecule has 0 bridgehead atoms. The molecule has 1 saturated carbocycles. The van der Waals surface area contributed by atoms with Gasteiger partial charge in [0, 0.05) is 24.2 Å². The van der Waals surface area contributed by atoms with Crippen LogP contribution < -0.4 is 5.32 Å². The Labute approximate surface area is 187 Å². The van der Waals surface area contributed by atoms with Gasteiger partial charge in [0.05, 0.1) is 6.04 Å². The molecule has 1 aliphatic heterocycles. The molecular formula is C27H25FN2O2. The van der Waals surface area contributed by atoms with Crippen LogP contribution in [0, 0.1) is 24.6 Å². The Bertz CT molecular complexity index is 1180. The Kier molecular flexibility index (Phi) is 5.25. The van der Waals surface area contributed by atoms with Gasteiger partial charge in [-0.1, -0.05) is 48.0 Å². The van der Waals surface area contributed by atoms with Crippen LogP contribution in [0.5, 0.6) is 0 Å². The average Bonchev–Trinajstić information content (AvgIpc) is 3.49. The van der Waals surface area contributed by atoms with Crippen molar-refractivity contribution in [2.45, 2.75) is 19.4 Å². The van der Waals surface area contributed by atoms with Crippen LogP contribution in [0.4, 0.5) is 4.39 Å². The Hall–Kier alpha value is -3.47. The summed E-state index contributed by atoms with van der Waals surface area (Å²) in [5, 5.41) is 3.01. The van der Waals surface area contributed by atoms with Crippen molar-refractivity contribution < 1.29 is 14.0 Å². The van der Waals surface area contributed by atoms with Gasteiger partial charge in [-0.15, -0.1) is 0 Å². The molecule has 0 radical (unpaired) electrons. The zero-order valence-corrected chi connectivity index (χ0v) is 17.9. The summed E-state index contributed by atoms with van der Waals surface area (Å²) < 4.78 is 13.9. The summed E-state index contributed by atoms with van der Waals surface area (Å²) in [5.41, 5.74) is 3.62. The molecular weight excluding hydrogens is 403 g/mol. The Morgan fingerprint density at radius 2 is 1.84 bits per heavy atom. The first kappa shape index (κ1) is 20.4. The van der Waals surface area contributed by atoms with Crippen LogP contribution >= 0.6 is 0 Å². The Morgan fingerprint density at radius 1 is 1.03 bits per heavy atom. The molecule has 1 N–H and O–H groups in total. The zero-order valence-electron chi connectivity index (χ0n) is 17.9. The monoisotopic (exact) mass is 428 g/mol. The van der Waals surface area contributed by atoms with E-state index >= 15 is 0 Å². The van der Waals surface area contributed by atoms with Crippen molar-refractivity contribution in [3.8, 4) is 11.1 Å². The third-order valence-electron chi connectivity index (χ3n) is 6.61. The first-order chi connectivity index (χ1) is 15.5. The van der Waals surface area contributed by atoms with Gasteiger partial charge in [0.2, 0.25) is 0 Å². The molecule has 0 spiro atoms. The number of nitrogens with zero attached hydrogens (tertiary/aromatic N) is 1. The number of aryl methyl sites for hydroxylation is 1. The van der Waals surface area contributed by atoms with Crippen LogP contribution in [0.25, 0.3) is 11.1 Å². The van der Waals surface area contributed by atoms with Gasteiger partial charge >= 0.3 is 0 Å². The molecule has 5 rings (SSSR count). The van der Waals surface area contributed by atoms with Gasteiger partial charge in [-0.25, -0.2) is 4.39 Å². The molecule has 4 nitrogen and oxygen atoms in total. The second kappa shape index (κ2) is 8.23. The van der Waals surface area contributed by atoms with Crippen molar-refractivity contribution in [1.29, 1.82) is 0 Å². The van der Waals surface area contributed by atoms with E-state index in [4.69, 9.17) is 0 Å². The van der Waals surface area contributed by atoms with E-state index < -0.39 is 0 Å². The minimum atomic E-state index is -0.327. The number of carbonyl (C=O) groups excluding carboxylic acids is 2. The van der Waals surface area contributed by atoms with Crippen molar-refractivity contribution in [2.24, 2.45) is 11.8 Å². The van der Waals surface area contributed by atoms with Crippen LogP contribution in [-0.2, 0) is 0 Å². The second-order valence-corrected chi connectivity index (χ2v) is 8.82. The lowest BCUT2D eigenvalue weighted by Gasteiger charge is -2.29. The van der Waals surface area contributed by atoms with Crippen molar-refractivity contribution in [3.05, 3.63) is 95.3 Å². The number of halogens is 1. The summed E-state index contributed by atoms with van der Waals surface area (Å²) in [4.78, 5) is 28.1. The van der Waals surface area contributed by atoms with Crippen LogP contribution in [-0.4, -0.2) is 35.8 Å². The highest BCUT2D eigenvalue weighted by Crippen LogP contribution is 2.50. The van der Waals surface area contributed by atoms with Crippen LogP contribution in [0.1, 0.15) is 32.7 Å². The molecule has 1 heterocycles. The molecule has 5 heteroatoms. The number of likely N-dealkylation sites (tertiary alicyclic amines) is 1. The predicted molar refractivity (Wildman–Crippen MR) is 122 cm³/mol. The van der Waals surface area contributed by atoms with Gasteiger partial charge in [-0.3, -0.25) is 9.59 Å². The van der Waals surface area contributed by atoms with Gasteiger partial charge in [0.15, 0.2) is 0 Å². The molecule has 162 valence electrons. The molecule has 2 fully saturated rings. The van der Waals surface area contributed by atoms with Gasteiger partial charge < -0.3 is 10.2 Å². The third-order valence-corrected chi connectivity index (χ3v) is 6.61. The number of fused-ring (bicyclic) bond motifs is 1. The first-order valence-corrected chi connectivity index (χ1v) is 11.0. The number of hydrogen-bond donors (Lipinski definition) is 1. The lowest BCUT2D eigenvalue weighted by atomic mass is 9.96. The molecule has 3 aromatic rings. The predicted octanol–water partition coefficient (Wildman–Crippen LogP) is 4.69. The molecule has 1 saturated heterocycles. The largest absolute Gasteiger partial charge is 0.350 e. The van der Waals surface area contributed by atoms with Gasteiger partial charge in [0.1, 0.15) is 5.82 Å². The van der Waals surface area contributed by atoms with E-state index in [1.165, 1.54) is 12.1 Å². The first-order valence-electron chi connectivity index (χ1n) is 11.0. The summed E-state index contributed by atoms with van der Waals surface area (Å²) in [6, 6.07) is 21.1. The number of rotatable bonds is 5. The minimum absolute atomic E-state index is 0.0261. The average molecular weight is 429 g/mol. The number of hydrogen-bond acceptors (Lipinski definition) is 2. The normalized spacial score (nSPS) is 21.2. The fraction of sp³-hybridized carbons (Fsp3) is 0.259. The summed E-state index contributed by atoms with van der Waals surface area (Å²) in [6.45, 7) is 3.09. The van der Waals surface area contributed by atoms with Crippen LogP contribution in [0.15, 0.2) is 72.8 Å². The molecule has 1 aliphatic carbocycles. The SMILES string of the molecule is Cc1ccc(C(=O)N2C[C@H]3CC3[C@H]2CNC(=O)c2ccccc2)c(-c2cccc(F)c2)c1. The van der Waals surface area contributed by atoms with Crippen molar-refractivity contribution in [1.82, 2.24) is 10.2 Å². The summed E-state index contributed by atoms with van der Waals surface area (Å²) in [7, 11) is 0. The number of carbonyl (C=O) groups is 2. The summed E-state index contributed by atoms with van der Waals surface area (Å²) >= 11 is 0. The molecule has 3 atom stereocenters. The fourth-order valence-electron chi connectivity index (χ4n) is 4.85. The van der Waals surface area contributed by atoms with Gasteiger partial charge in [0.25, 0.3) is 11.8 Å². The van der Waals surface area contributed by atoms with E-state index in [1.54, 1.807) is 18.2 Å². The highest BCUT2D eigenvalue weighted by atomic mass is 19.1. The third kappa shape index (κ3) is 3.91. The maximum absolute atomic E-state index is 13.9. The fourth-order valence-corrected chi connectivity index (χ4v) is 4.85. The standard InChI is InChI=1S/C27H25FN2O2/c1-17-10-11-22(23(12-17)19-8-5-9-21(28)13-19)27(32)30-16-20-14-24(20)25(30)15-29-26(31)18-6-3-2-4-7-18/h2-13,20,24-25H,14-16H2,1H3,(H,29,31)/t20-,24?,25-/m1/s1. The number of piperidine rings is 1.